The Balaban J connectivity index is 2.19. The zero-order valence-electron chi connectivity index (χ0n) is 9.87. The van der Waals surface area contributed by atoms with Crippen molar-refractivity contribution < 1.29 is 9.50 Å². The van der Waals surface area contributed by atoms with Crippen molar-refractivity contribution in [3.63, 3.8) is 0 Å². The first-order chi connectivity index (χ1) is 8.58. The van der Waals surface area contributed by atoms with E-state index in [1.165, 1.54) is 12.1 Å². The van der Waals surface area contributed by atoms with Crippen LogP contribution in [0.1, 0.15) is 11.1 Å². The molecule has 0 aliphatic carbocycles. The number of aryl methyl sites for hydroxylation is 1. The predicted molar refractivity (Wildman–Crippen MR) is 71.6 cm³/mol. The fourth-order valence-corrected chi connectivity index (χ4v) is 1.93. The number of rotatable bonds is 3. The average molecular weight is 266 g/mol. The van der Waals surface area contributed by atoms with Crippen molar-refractivity contribution >= 4 is 17.3 Å². The summed E-state index contributed by atoms with van der Waals surface area (Å²) in [6.45, 7) is 2.14. The summed E-state index contributed by atoms with van der Waals surface area (Å²) in [5.74, 6) is -0.169. The van der Waals surface area contributed by atoms with Gasteiger partial charge in [0.1, 0.15) is 11.6 Å². The van der Waals surface area contributed by atoms with Crippen LogP contribution in [-0.4, -0.2) is 5.11 Å². The van der Waals surface area contributed by atoms with Crippen molar-refractivity contribution in [1.82, 2.24) is 0 Å². The fraction of sp³-hybridized carbons (Fsp3) is 0.143. The van der Waals surface area contributed by atoms with Gasteiger partial charge in [0.2, 0.25) is 0 Å². The molecule has 0 fully saturated rings. The minimum Gasteiger partial charge on any atom is -0.508 e. The Kier molecular flexibility index (Phi) is 3.72. The van der Waals surface area contributed by atoms with Crippen LogP contribution in [0.15, 0.2) is 36.4 Å². The highest BCUT2D eigenvalue weighted by Crippen LogP contribution is 2.24. The maximum atomic E-state index is 13.6. The van der Waals surface area contributed by atoms with Crippen molar-refractivity contribution in [2.45, 2.75) is 13.5 Å². The Morgan fingerprint density at radius 2 is 2.06 bits per heavy atom. The van der Waals surface area contributed by atoms with Gasteiger partial charge in [0.15, 0.2) is 0 Å². The van der Waals surface area contributed by atoms with Gasteiger partial charge in [-0.05, 0) is 36.8 Å². The molecule has 0 aliphatic rings. The molecule has 0 atom stereocenters. The smallest absolute Gasteiger partial charge is 0.146 e. The molecule has 0 spiro atoms. The maximum absolute atomic E-state index is 13.6. The van der Waals surface area contributed by atoms with E-state index in [-0.39, 0.29) is 11.6 Å². The number of para-hydroxylation sites is 1. The molecule has 18 heavy (non-hydrogen) atoms. The zero-order valence-corrected chi connectivity index (χ0v) is 10.6. The molecule has 2 nitrogen and oxygen atoms in total. The number of benzene rings is 2. The molecule has 2 aromatic carbocycles. The van der Waals surface area contributed by atoms with Gasteiger partial charge in [0, 0.05) is 17.1 Å². The van der Waals surface area contributed by atoms with Gasteiger partial charge < -0.3 is 10.4 Å². The van der Waals surface area contributed by atoms with E-state index in [0.717, 1.165) is 5.56 Å². The van der Waals surface area contributed by atoms with Crippen molar-refractivity contribution in [2.24, 2.45) is 0 Å². The number of phenolic OH excluding ortho intramolecular Hbond substituents is 1. The molecule has 0 amide bonds. The minimum atomic E-state index is -0.309. The summed E-state index contributed by atoms with van der Waals surface area (Å²) in [5, 5.41) is 13.2. The zero-order chi connectivity index (χ0) is 13.1. The molecular weight excluding hydrogens is 253 g/mol. The van der Waals surface area contributed by atoms with Crippen LogP contribution >= 0.6 is 11.6 Å². The summed E-state index contributed by atoms with van der Waals surface area (Å²) in [4.78, 5) is 0. The largest absolute Gasteiger partial charge is 0.508 e. The highest BCUT2D eigenvalue weighted by molar-refractivity contribution is 6.30. The van der Waals surface area contributed by atoms with E-state index in [9.17, 15) is 9.50 Å². The number of hydrogen-bond acceptors (Lipinski definition) is 2. The van der Waals surface area contributed by atoms with Gasteiger partial charge in [-0.1, -0.05) is 23.7 Å². The third kappa shape index (κ3) is 2.74. The Morgan fingerprint density at radius 1 is 1.28 bits per heavy atom. The third-order valence-corrected chi connectivity index (χ3v) is 2.95. The van der Waals surface area contributed by atoms with Gasteiger partial charge in [0.05, 0.1) is 5.69 Å². The van der Waals surface area contributed by atoms with E-state index in [1.54, 1.807) is 18.2 Å². The summed E-state index contributed by atoms with van der Waals surface area (Å²) >= 11 is 5.85. The molecule has 2 N–H and O–H groups in total. The quantitative estimate of drug-likeness (QED) is 0.875. The molecule has 0 bridgehead atoms. The van der Waals surface area contributed by atoms with Crippen LogP contribution < -0.4 is 5.32 Å². The first kappa shape index (κ1) is 12.7. The first-order valence-electron chi connectivity index (χ1n) is 5.54. The summed E-state index contributed by atoms with van der Waals surface area (Å²) in [6.07, 6.45) is 0. The Morgan fingerprint density at radius 3 is 2.78 bits per heavy atom. The SMILES string of the molecule is Cc1cccc(F)c1NCc1cc(Cl)ccc1O. The van der Waals surface area contributed by atoms with Crippen molar-refractivity contribution in [2.75, 3.05) is 5.32 Å². The van der Waals surface area contributed by atoms with Crippen LogP contribution in [0.5, 0.6) is 5.75 Å². The lowest BCUT2D eigenvalue weighted by Crippen LogP contribution is -2.03. The Bertz CT molecular complexity index is 551. The molecule has 0 heterocycles. The van der Waals surface area contributed by atoms with Gasteiger partial charge in [-0.2, -0.15) is 0 Å². The van der Waals surface area contributed by atoms with Gasteiger partial charge in [-0.25, -0.2) is 4.39 Å². The molecule has 0 aliphatic heterocycles. The van der Waals surface area contributed by atoms with Crippen LogP contribution in [0, 0.1) is 12.7 Å². The first-order valence-corrected chi connectivity index (χ1v) is 5.92. The Labute approximate surface area is 110 Å². The second-order valence-corrected chi connectivity index (χ2v) is 4.49. The average Bonchev–Trinajstić information content (AvgIpc) is 2.33. The number of anilines is 1. The molecule has 94 valence electrons. The molecule has 0 aromatic heterocycles. The summed E-state index contributed by atoms with van der Waals surface area (Å²) in [7, 11) is 0. The topological polar surface area (TPSA) is 32.3 Å². The third-order valence-electron chi connectivity index (χ3n) is 2.72. The number of aromatic hydroxyl groups is 1. The van der Waals surface area contributed by atoms with Crippen molar-refractivity contribution in [1.29, 1.82) is 0 Å². The predicted octanol–water partition coefficient (Wildman–Crippen LogP) is 4.11. The second kappa shape index (κ2) is 5.27. The standard InChI is InChI=1S/C14H13ClFNO/c1-9-3-2-4-12(16)14(9)17-8-10-7-11(15)5-6-13(10)18/h2-7,17-18H,8H2,1H3. The monoisotopic (exact) mass is 265 g/mol. The highest BCUT2D eigenvalue weighted by atomic mass is 35.5. The number of nitrogens with one attached hydrogen (secondary N) is 1. The summed E-state index contributed by atoms with van der Waals surface area (Å²) in [6, 6.07) is 9.66. The lowest BCUT2D eigenvalue weighted by molar-refractivity contribution is 0.469. The van der Waals surface area contributed by atoms with Gasteiger partial charge >= 0.3 is 0 Å². The van der Waals surface area contributed by atoms with Gasteiger partial charge in [0.25, 0.3) is 0 Å². The molecule has 2 aromatic rings. The molecule has 0 saturated carbocycles. The minimum absolute atomic E-state index is 0.140. The van der Waals surface area contributed by atoms with E-state index in [2.05, 4.69) is 5.32 Å². The van der Waals surface area contributed by atoms with Crippen LogP contribution in [0.2, 0.25) is 5.02 Å². The maximum Gasteiger partial charge on any atom is 0.146 e. The van der Waals surface area contributed by atoms with E-state index >= 15 is 0 Å². The molecule has 2 rings (SSSR count). The van der Waals surface area contributed by atoms with Crippen molar-refractivity contribution in [3.8, 4) is 5.75 Å². The summed E-state index contributed by atoms with van der Waals surface area (Å²) < 4.78 is 13.6. The number of hydrogen-bond donors (Lipinski definition) is 2. The second-order valence-electron chi connectivity index (χ2n) is 4.06. The van der Waals surface area contributed by atoms with E-state index in [1.807, 2.05) is 13.0 Å². The van der Waals surface area contributed by atoms with E-state index in [4.69, 9.17) is 11.6 Å². The fourth-order valence-electron chi connectivity index (χ4n) is 1.74. The van der Waals surface area contributed by atoms with Crippen LogP contribution in [0.25, 0.3) is 0 Å². The Hall–Kier alpha value is -1.74. The van der Waals surface area contributed by atoms with E-state index < -0.39 is 0 Å². The lowest BCUT2D eigenvalue weighted by Gasteiger charge is -2.11. The molecule has 0 saturated heterocycles. The molecule has 0 radical (unpaired) electrons. The van der Waals surface area contributed by atoms with Crippen molar-refractivity contribution in [3.05, 3.63) is 58.4 Å². The highest BCUT2D eigenvalue weighted by Gasteiger charge is 2.06. The molecule has 0 unspecified atom stereocenters. The molecular formula is C14H13ClFNO. The van der Waals surface area contributed by atoms with Crippen LogP contribution in [-0.2, 0) is 6.54 Å². The van der Waals surface area contributed by atoms with E-state index in [0.29, 0.717) is 22.8 Å². The number of halogens is 2. The summed E-state index contributed by atoms with van der Waals surface area (Å²) in [5.41, 5.74) is 1.89. The normalized spacial score (nSPS) is 10.4. The van der Waals surface area contributed by atoms with Crippen LogP contribution in [0.3, 0.4) is 0 Å². The van der Waals surface area contributed by atoms with Gasteiger partial charge in [-0.3, -0.25) is 0 Å². The van der Waals surface area contributed by atoms with Gasteiger partial charge in [-0.15, -0.1) is 0 Å². The number of phenols is 1. The van der Waals surface area contributed by atoms with Crippen LogP contribution in [0.4, 0.5) is 10.1 Å². The lowest BCUT2D eigenvalue weighted by atomic mass is 10.1. The molecule has 4 heteroatoms.